The normalized spacial score (nSPS) is 23.2. The van der Waals surface area contributed by atoms with Crippen molar-refractivity contribution in [1.29, 1.82) is 0 Å². The molecule has 132 valence electrons. The van der Waals surface area contributed by atoms with E-state index in [0.717, 1.165) is 45.6 Å². The van der Waals surface area contributed by atoms with Crippen molar-refractivity contribution >= 4 is 11.6 Å². The van der Waals surface area contributed by atoms with E-state index in [4.69, 9.17) is 4.74 Å². The second kappa shape index (κ2) is 7.94. The molecule has 6 heteroatoms. The first kappa shape index (κ1) is 17.2. The fourth-order valence-corrected chi connectivity index (χ4v) is 3.39. The number of piperazine rings is 1. The Morgan fingerprint density at radius 1 is 1.33 bits per heavy atom. The highest BCUT2D eigenvalue weighted by Gasteiger charge is 2.27. The van der Waals surface area contributed by atoms with Crippen LogP contribution < -0.4 is 10.2 Å². The number of rotatable bonds is 5. The van der Waals surface area contributed by atoms with Crippen LogP contribution in [0.15, 0.2) is 24.3 Å². The highest BCUT2D eigenvalue weighted by atomic mass is 19.1. The lowest BCUT2D eigenvalue weighted by atomic mass is 10.2. The molecule has 0 bridgehead atoms. The first-order valence-corrected chi connectivity index (χ1v) is 8.78. The van der Waals surface area contributed by atoms with Crippen molar-refractivity contribution in [3.05, 3.63) is 30.1 Å². The van der Waals surface area contributed by atoms with Crippen molar-refractivity contribution in [2.45, 2.75) is 31.9 Å². The van der Waals surface area contributed by atoms with Gasteiger partial charge in [-0.05, 0) is 31.9 Å². The van der Waals surface area contributed by atoms with Gasteiger partial charge in [0, 0.05) is 39.3 Å². The molecular formula is C18H26FN3O2. The number of carbonyl (C=O) groups is 1. The van der Waals surface area contributed by atoms with Crippen LogP contribution in [-0.4, -0.2) is 62.3 Å². The number of ether oxygens (including phenoxy) is 1. The van der Waals surface area contributed by atoms with Gasteiger partial charge in [0.2, 0.25) is 5.91 Å². The molecule has 2 unspecified atom stereocenters. The van der Waals surface area contributed by atoms with E-state index in [1.165, 1.54) is 6.07 Å². The number of halogens is 1. The van der Waals surface area contributed by atoms with Gasteiger partial charge in [-0.3, -0.25) is 9.69 Å². The molecule has 0 aliphatic carbocycles. The third-order valence-electron chi connectivity index (χ3n) is 4.96. The molecule has 0 radical (unpaired) electrons. The average Bonchev–Trinajstić information content (AvgIpc) is 3.13. The van der Waals surface area contributed by atoms with E-state index >= 15 is 0 Å². The Morgan fingerprint density at radius 2 is 2.08 bits per heavy atom. The fraction of sp³-hybridized carbons (Fsp3) is 0.611. The standard InChI is InChI=1S/C18H26FN3O2/c1-14(18(23)20-13-15-5-4-12-24-15)21-8-10-22(11-9-21)17-7-3-2-6-16(17)19/h2-3,6-7,14-15H,4-5,8-13H2,1H3,(H,20,23). The smallest absolute Gasteiger partial charge is 0.237 e. The Kier molecular flexibility index (Phi) is 5.68. The monoisotopic (exact) mass is 335 g/mol. The van der Waals surface area contributed by atoms with Crippen molar-refractivity contribution in [3.63, 3.8) is 0 Å². The van der Waals surface area contributed by atoms with Crippen molar-refractivity contribution in [2.24, 2.45) is 0 Å². The summed E-state index contributed by atoms with van der Waals surface area (Å²) < 4.78 is 19.4. The molecule has 2 aliphatic rings. The summed E-state index contributed by atoms with van der Waals surface area (Å²) in [6.45, 7) is 6.29. The van der Waals surface area contributed by atoms with Crippen LogP contribution in [0.4, 0.5) is 10.1 Å². The van der Waals surface area contributed by atoms with E-state index in [1.807, 2.05) is 24.0 Å². The lowest BCUT2D eigenvalue weighted by Gasteiger charge is -2.38. The van der Waals surface area contributed by atoms with Crippen LogP contribution in [0.3, 0.4) is 0 Å². The molecule has 1 aromatic rings. The molecule has 0 spiro atoms. The maximum absolute atomic E-state index is 13.9. The molecule has 0 aromatic heterocycles. The number of benzene rings is 1. The molecule has 2 aliphatic heterocycles. The van der Waals surface area contributed by atoms with E-state index in [1.54, 1.807) is 6.07 Å². The molecule has 5 nitrogen and oxygen atoms in total. The Morgan fingerprint density at radius 3 is 2.75 bits per heavy atom. The zero-order valence-corrected chi connectivity index (χ0v) is 14.2. The third-order valence-corrected chi connectivity index (χ3v) is 4.96. The van der Waals surface area contributed by atoms with E-state index in [2.05, 4.69) is 10.2 Å². The summed E-state index contributed by atoms with van der Waals surface area (Å²) in [6.07, 6.45) is 2.27. The molecule has 2 saturated heterocycles. The molecule has 1 amide bonds. The minimum Gasteiger partial charge on any atom is -0.376 e. The van der Waals surface area contributed by atoms with Crippen LogP contribution >= 0.6 is 0 Å². The van der Waals surface area contributed by atoms with E-state index in [0.29, 0.717) is 12.2 Å². The summed E-state index contributed by atoms with van der Waals surface area (Å²) in [5.74, 6) is -0.141. The summed E-state index contributed by atoms with van der Waals surface area (Å²) >= 11 is 0. The zero-order valence-electron chi connectivity index (χ0n) is 14.2. The van der Waals surface area contributed by atoms with Gasteiger partial charge >= 0.3 is 0 Å². The number of nitrogens with one attached hydrogen (secondary N) is 1. The van der Waals surface area contributed by atoms with Crippen molar-refractivity contribution in [1.82, 2.24) is 10.2 Å². The van der Waals surface area contributed by atoms with E-state index < -0.39 is 0 Å². The number of para-hydroxylation sites is 1. The molecule has 2 fully saturated rings. The lowest BCUT2D eigenvalue weighted by molar-refractivity contribution is -0.126. The minimum atomic E-state index is -0.187. The highest BCUT2D eigenvalue weighted by Crippen LogP contribution is 2.20. The predicted octanol–water partition coefficient (Wildman–Crippen LogP) is 1.63. The molecule has 24 heavy (non-hydrogen) atoms. The molecular weight excluding hydrogens is 309 g/mol. The Bertz CT molecular complexity index is 555. The van der Waals surface area contributed by atoms with Gasteiger partial charge in [-0.1, -0.05) is 12.1 Å². The summed E-state index contributed by atoms with van der Waals surface area (Å²) in [4.78, 5) is 16.5. The topological polar surface area (TPSA) is 44.8 Å². The zero-order chi connectivity index (χ0) is 16.9. The number of amides is 1. The minimum absolute atomic E-state index is 0.0461. The maximum Gasteiger partial charge on any atom is 0.237 e. The number of carbonyl (C=O) groups excluding carboxylic acids is 1. The molecule has 2 heterocycles. The maximum atomic E-state index is 13.9. The summed E-state index contributed by atoms with van der Waals surface area (Å²) in [7, 11) is 0. The first-order valence-electron chi connectivity index (χ1n) is 8.78. The third kappa shape index (κ3) is 4.05. The first-order chi connectivity index (χ1) is 11.6. The Balaban J connectivity index is 1.46. The Labute approximate surface area is 142 Å². The predicted molar refractivity (Wildman–Crippen MR) is 91.6 cm³/mol. The van der Waals surface area contributed by atoms with Gasteiger partial charge in [-0.15, -0.1) is 0 Å². The summed E-state index contributed by atoms with van der Waals surface area (Å²) in [5, 5.41) is 2.99. The average molecular weight is 335 g/mol. The molecule has 3 rings (SSSR count). The van der Waals surface area contributed by atoms with Crippen LogP contribution in [-0.2, 0) is 9.53 Å². The van der Waals surface area contributed by atoms with Gasteiger partial charge in [0.05, 0.1) is 17.8 Å². The largest absolute Gasteiger partial charge is 0.376 e. The van der Waals surface area contributed by atoms with Crippen LogP contribution in [0.1, 0.15) is 19.8 Å². The van der Waals surface area contributed by atoms with Crippen LogP contribution in [0, 0.1) is 5.82 Å². The van der Waals surface area contributed by atoms with E-state index in [-0.39, 0.29) is 23.9 Å². The van der Waals surface area contributed by atoms with Gasteiger partial charge in [-0.25, -0.2) is 4.39 Å². The van der Waals surface area contributed by atoms with Crippen molar-refractivity contribution < 1.29 is 13.9 Å². The van der Waals surface area contributed by atoms with Crippen LogP contribution in [0.25, 0.3) is 0 Å². The highest BCUT2D eigenvalue weighted by molar-refractivity contribution is 5.81. The van der Waals surface area contributed by atoms with Gasteiger partial charge < -0.3 is 15.0 Å². The van der Waals surface area contributed by atoms with Crippen LogP contribution in [0.5, 0.6) is 0 Å². The summed E-state index contributed by atoms with van der Waals surface area (Å²) in [5.41, 5.74) is 0.646. The van der Waals surface area contributed by atoms with Crippen LogP contribution in [0.2, 0.25) is 0 Å². The lowest BCUT2D eigenvalue weighted by Crippen LogP contribution is -2.54. The molecule has 0 saturated carbocycles. The Hall–Kier alpha value is -1.66. The number of anilines is 1. The number of hydrogen-bond acceptors (Lipinski definition) is 4. The quantitative estimate of drug-likeness (QED) is 0.888. The molecule has 1 aromatic carbocycles. The van der Waals surface area contributed by atoms with Gasteiger partial charge in [-0.2, -0.15) is 0 Å². The fourth-order valence-electron chi connectivity index (χ4n) is 3.39. The second-order valence-electron chi connectivity index (χ2n) is 6.53. The number of nitrogens with zero attached hydrogens (tertiary/aromatic N) is 2. The second-order valence-corrected chi connectivity index (χ2v) is 6.53. The van der Waals surface area contributed by atoms with Crippen molar-refractivity contribution in [2.75, 3.05) is 44.2 Å². The molecule has 2 atom stereocenters. The molecule has 1 N–H and O–H groups in total. The van der Waals surface area contributed by atoms with Gasteiger partial charge in [0.25, 0.3) is 0 Å². The van der Waals surface area contributed by atoms with E-state index in [9.17, 15) is 9.18 Å². The van der Waals surface area contributed by atoms with Crippen molar-refractivity contribution in [3.8, 4) is 0 Å². The van der Waals surface area contributed by atoms with Gasteiger partial charge in [0.15, 0.2) is 0 Å². The number of hydrogen-bond donors (Lipinski definition) is 1. The van der Waals surface area contributed by atoms with Gasteiger partial charge in [0.1, 0.15) is 5.82 Å². The SMILES string of the molecule is CC(C(=O)NCC1CCCO1)N1CCN(c2ccccc2F)CC1. The summed E-state index contributed by atoms with van der Waals surface area (Å²) in [6, 6.07) is 6.68.